The van der Waals surface area contributed by atoms with Gasteiger partial charge >= 0.3 is 6.18 Å². The van der Waals surface area contributed by atoms with Crippen LogP contribution in [0.5, 0.6) is 0 Å². The highest BCUT2D eigenvalue weighted by Gasteiger charge is 2.41. The molecule has 0 heterocycles. The minimum absolute atomic E-state index is 0.0811. The Balaban J connectivity index is 2.69. The Morgan fingerprint density at radius 2 is 1.95 bits per heavy atom. The zero-order valence-electron chi connectivity index (χ0n) is 10.8. The summed E-state index contributed by atoms with van der Waals surface area (Å²) in [6.45, 7) is 2.07. The van der Waals surface area contributed by atoms with E-state index in [2.05, 4.69) is 12.2 Å². The third-order valence-corrected chi connectivity index (χ3v) is 4.14. The molecule has 7 heteroatoms. The van der Waals surface area contributed by atoms with Crippen molar-refractivity contribution >= 4 is 23.1 Å². The minimum Gasteiger partial charge on any atom is -0.391 e. The van der Waals surface area contributed by atoms with E-state index in [9.17, 15) is 18.0 Å². The molecular formula is C12H19F3N2OS. The third-order valence-electron chi connectivity index (χ3n) is 3.75. The van der Waals surface area contributed by atoms with Gasteiger partial charge in [0.25, 0.3) is 0 Å². The van der Waals surface area contributed by atoms with Crippen LogP contribution in [-0.4, -0.2) is 22.6 Å². The van der Waals surface area contributed by atoms with Crippen molar-refractivity contribution in [3.8, 4) is 0 Å². The Labute approximate surface area is 116 Å². The second-order valence-electron chi connectivity index (χ2n) is 5.14. The van der Waals surface area contributed by atoms with Crippen molar-refractivity contribution in [1.29, 1.82) is 0 Å². The number of nitrogens with one attached hydrogen (secondary N) is 1. The number of carbonyl (C=O) groups is 1. The summed E-state index contributed by atoms with van der Waals surface area (Å²) in [6, 6.07) is 0. The lowest BCUT2D eigenvalue weighted by Crippen LogP contribution is -2.58. The highest BCUT2D eigenvalue weighted by molar-refractivity contribution is 7.80. The molecule has 1 fully saturated rings. The first-order valence-electron chi connectivity index (χ1n) is 6.36. The maximum atomic E-state index is 12.2. The molecule has 0 aromatic rings. The molecule has 1 amide bonds. The van der Waals surface area contributed by atoms with Crippen LogP contribution < -0.4 is 11.1 Å². The van der Waals surface area contributed by atoms with Crippen molar-refractivity contribution < 1.29 is 18.0 Å². The number of carbonyl (C=O) groups excluding carboxylic acids is 1. The van der Waals surface area contributed by atoms with Gasteiger partial charge in [-0.1, -0.05) is 25.6 Å². The van der Waals surface area contributed by atoms with E-state index in [1.807, 2.05) is 0 Å². The highest BCUT2D eigenvalue weighted by atomic mass is 32.1. The fraction of sp³-hybridized carbons (Fsp3) is 0.833. The van der Waals surface area contributed by atoms with E-state index in [-0.39, 0.29) is 4.99 Å². The first-order chi connectivity index (χ1) is 8.68. The number of hydrogen-bond acceptors (Lipinski definition) is 2. The van der Waals surface area contributed by atoms with Gasteiger partial charge in [-0.05, 0) is 31.6 Å². The molecule has 0 bridgehead atoms. The Morgan fingerprint density at radius 1 is 1.42 bits per heavy atom. The number of alkyl halides is 3. The van der Waals surface area contributed by atoms with E-state index in [4.69, 9.17) is 18.0 Å². The normalized spacial score (nSPS) is 27.9. The number of thiocarbonyl (C=S) groups is 1. The van der Waals surface area contributed by atoms with E-state index in [0.717, 1.165) is 19.3 Å². The molecule has 0 atom stereocenters. The second-order valence-corrected chi connectivity index (χ2v) is 5.58. The number of hydrogen-bond donors (Lipinski definition) is 2. The van der Waals surface area contributed by atoms with Crippen molar-refractivity contribution in [1.82, 2.24) is 5.32 Å². The smallest absolute Gasteiger partial charge is 0.391 e. The molecule has 0 radical (unpaired) electrons. The molecule has 3 N–H and O–H groups in total. The quantitative estimate of drug-likeness (QED) is 0.784. The standard InChI is InChI=1S/C12H19F3N2OS/c1-2-8-3-5-11(6-4-8,10(16)19)17-9(18)7-12(13,14)15/h8H,2-7H2,1H3,(H2,16,19)(H,17,18). The van der Waals surface area contributed by atoms with Gasteiger partial charge in [0.05, 0.1) is 10.5 Å². The number of amides is 1. The van der Waals surface area contributed by atoms with Crippen molar-refractivity contribution in [2.45, 2.75) is 57.2 Å². The Hall–Kier alpha value is -0.850. The van der Waals surface area contributed by atoms with Crippen molar-refractivity contribution in [3.63, 3.8) is 0 Å². The summed E-state index contributed by atoms with van der Waals surface area (Å²) in [5, 5.41) is 2.41. The first-order valence-corrected chi connectivity index (χ1v) is 6.77. The molecule has 0 aliphatic heterocycles. The molecule has 0 aromatic carbocycles. The molecule has 110 valence electrons. The van der Waals surface area contributed by atoms with Crippen molar-refractivity contribution in [2.75, 3.05) is 0 Å². The topological polar surface area (TPSA) is 55.1 Å². The molecule has 1 rings (SSSR count). The van der Waals surface area contributed by atoms with Crippen LogP contribution in [0.4, 0.5) is 13.2 Å². The van der Waals surface area contributed by atoms with Crippen LogP contribution >= 0.6 is 12.2 Å². The highest BCUT2D eigenvalue weighted by Crippen LogP contribution is 2.34. The van der Waals surface area contributed by atoms with Gasteiger partial charge in [0, 0.05) is 0 Å². The number of nitrogens with two attached hydrogens (primary N) is 1. The van der Waals surface area contributed by atoms with Gasteiger partial charge in [-0.25, -0.2) is 0 Å². The largest absolute Gasteiger partial charge is 0.397 e. The number of halogens is 3. The molecule has 0 aromatic heterocycles. The minimum atomic E-state index is -4.51. The molecule has 1 saturated carbocycles. The molecule has 3 nitrogen and oxygen atoms in total. The Bertz CT molecular complexity index is 349. The van der Waals surface area contributed by atoms with Gasteiger partial charge in [-0.3, -0.25) is 4.79 Å². The van der Waals surface area contributed by atoms with Crippen LogP contribution in [0.2, 0.25) is 0 Å². The van der Waals surface area contributed by atoms with Gasteiger partial charge in [0.15, 0.2) is 0 Å². The maximum absolute atomic E-state index is 12.2. The van der Waals surface area contributed by atoms with Crippen LogP contribution in [0.1, 0.15) is 45.4 Å². The lowest BCUT2D eigenvalue weighted by Gasteiger charge is -2.40. The summed E-state index contributed by atoms with van der Waals surface area (Å²) in [5.41, 5.74) is 4.70. The van der Waals surface area contributed by atoms with Crippen LogP contribution in [0.25, 0.3) is 0 Å². The van der Waals surface area contributed by atoms with E-state index in [1.54, 1.807) is 0 Å². The van der Waals surface area contributed by atoms with Crippen LogP contribution in [-0.2, 0) is 4.79 Å². The summed E-state index contributed by atoms with van der Waals surface area (Å²) >= 11 is 4.94. The fourth-order valence-electron chi connectivity index (χ4n) is 2.50. The Kier molecular flexibility index (Phi) is 5.18. The Morgan fingerprint density at radius 3 is 2.32 bits per heavy atom. The van der Waals surface area contributed by atoms with Crippen LogP contribution in [0, 0.1) is 5.92 Å². The lowest BCUT2D eigenvalue weighted by molar-refractivity contribution is -0.154. The van der Waals surface area contributed by atoms with Crippen LogP contribution in [0.15, 0.2) is 0 Å². The SMILES string of the molecule is CCC1CCC(NC(=O)CC(F)(F)F)(C(N)=S)CC1. The molecule has 1 aliphatic carbocycles. The first kappa shape index (κ1) is 16.2. The molecule has 1 aliphatic rings. The van der Waals surface area contributed by atoms with Crippen molar-refractivity contribution in [3.05, 3.63) is 0 Å². The molecule has 0 saturated heterocycles. The average Bonchev–Trinajstić information content (AvgIpc) is 2.27. The maximum Gasteiger partial charge on any atom is 0.397 e. The number of rotatable bonds is 4. The second kappa shape index (κ2) is 6.07. The van der Waals surface area contributed by atoms with E-state index in [0.29, 0.717) is 18.8 Å². The monoisotopic (exact) mass is 296 g/mol. The average molecular weight is 296 g/mol. The van der Waals surface area contributed by atoms with Crippen LogP contribution in [0.3, 0.4) is 0 Å². The summed E-state index contributed by atoms with van der Waals surface area (Å²) < 4.78 is 36.5. The summed E-state index contributed by atoms with van der Waals surface area (Å²) in [7, 11) is 0. The van der Waals surface area contributed by atoms with E-state index in [1.165, 1.54) is 0 Å². The van der Waals surface area contributed by atoms with Crippen molar-refractivity contribution in [2.24, 2.45) is 11.7 Å². The molecule has 0 spiro atoms. The molecular weight excluding hydrogens is 277 g/mol. The summed E-state index contributed by atoms with van der Waals surface area (Å²) in [6.07, 6.45) is -2.31. The zero-order chi connectivity index (χ0) is 14.7. The fourth-order valence-corrected chi connectivity index (χ4v) is 2.76. The third kappa shape index (κ3) is 4.63. The summed E-state index contributed by atoms with van der Waals surface area (Å²) in [5.74, 6) is -0.530. The zero-order valence-corrected chi connectivity index (χ0v) is 11.7. The summed E-state index contributed by atoms with van der Waals surface area (Å²) in [4.78, 5) is 11.5. The predicted molar refractivity (Wildman–Crippen MR) is 70.6 cm³/mol. The van der Waals surface area contributed by atoms with E-state index >= 15 is 0 Å². The van der Waals surface area contributed by atoms with Gasteiger partial charge in [-0.2, -0.15) is 13.2 Å². The van der Waals surface area contributed by atoms with Gasteiger partial charge in [0.2, 0.25) is 5.91 Å². The predicted octanol–water partition coefficient (Wildman–Crippen LogP) is 2.68. The van der Waals surface area contributed by atoms with Gasteiger partial charge < -0.3 is 11.1 Å². The van der Waals surface area contributed by atoms with Gasteiger partial charge in [-0.15, -0.1) is 0 Å². The molecule has 0 unspecified atom stereocenters. The van der Waals surface area contributed by atoms with Gasteiger partial charge in [0.1, 0.15) is 6.42 Å². The lowest BCUT2D eigenvalue weighted by atomic mass is 9.75. The molecule has 19 heavy (non-hydrogen) atoms. The van der Waals surface area contributed by atoms with E-state index < -0.39 is 24.0 Å².